The summed E-state index contributed by atoms with van der Waals surface area (Å²) in [4.78, 5) is 0. The van der Waals surface area contributed by atoms with Crippen LogP contribution in [-0.4, -0.2) is 37.1 Å². The van der Waals surface area contributed by atoms with E-state index in [2.05, 4.69) is 0 Å². The van der Waals surface area contributed by atoms with Crippen molar-refractivity contribution in [3.8, 4) is 0 Å². The third-order valence-electron chi connectivity index (χ3n) is 1.84. The number of ether oxygens (including phenoxy) is 2. The van der Waals surface area contributed by atoms with Crippen LogP contribution in [0.25, 0.3) is 0 Å². The second kappa shape index (κ2) is 9.44. The minimum absolute atomic E-state index is 0.181. The molecule has 0 spiro atoms. The molecule has 0 amide bonds. The van der Waals surface area contributed by atoms with Crippen LogP contribution in [0.5, 0.6) is 0 Å². The summed E-state index contributed by atoms with van der Waals surface area (Å²) in [6, 6.07) is 0. The van der Waals surface area contributed by atoms with Gasteiger partial charge in [0.2, 0.25) is 0 Å². The van der Waals surface area contributed by atoms with Gasteiger partial charge < -0.3 is 14.6 Å². The number of unbranched alkanes of at least 4 members (excludes halogenated alkanes) is 1. The van der Waals surface area contributed by atoms with E-state index in [4.69, 9.17) is 14.6 Å². The number of rotatable bonds is 9. The molecule has 0 fully saturated rings. The molecule has 0 radical (unpaired) electrons. The highest BCUT2D eigenvalue weighted by molar-refractivity contribution is 4.47. The van der Waals surface area contributed by atoms with E-state index in [0.29, 0.717) is 13.2 Å². The zero-order valence-electron chi connectivity index (χ0n) is 9.66. The summed E-state index contributed by atoms with van der Waals surface area (Å²) < 4.78 is 10.7. The van der Waals surface area contributed by atoms with Gasteiger partial charge in [0, 0.05) is 6.61 Å². The maximum atomic E-state index is 8.99. The fourth-order valence-corrected chi connectivity index (χ4v) is 1.09. The zero-order chi connectivity index (χ0) is 10.8. The van der Waals surface area contributed by atoms with Crippen molar-refractivity contribution in [3.05, 3.63) is 0 Å². The minimum Gasteiger partial charge on any atom is -0.393 e. The van der Waals surface area contributed by atoms with Crippen molar-refractivity contribution < 1.29 is 14.6 Å². The Balaban J connectivity index is 2.92. The van der Waals surface area contributed by atoms with Crippen molar-refractivity contribution in [1.29, 1.82) is 0 Å². The Morgan fingerprint density at radius 3 is 2.29 bits per heavy atom. The number of aliphatic hydroxyl groups is 1. The largest absolute Gasteiger partial charge is 0.393 e. The van der Waals surface area contributed by atoms with Gasteiger partial charge in [0.05, 0.1) is 25.4 Å². The monoisotopic (exact) mass is 204 g/mol. The molecule has 0 aliphatic heterocycles. The lowest BCUT2D eigenvalue weighted by atomic mass is 10.2. The molecule has 1 atom stereocenters. The summed E-state index contributed by atoms with van der Waals surface area (Å²) in [6.07, 6.45) is 3.02. The summed E-state index contributed by atoms with van der Waals surface area (Å²) in [6.45, 7) is 7.97. The van der Waals surface area contributed by atoms with Crippen LogP contribution in [-0.2, 0) is 9.47 Å². The molecule has 0 aliphatic rings. The van der Waals surface area contributed by atoms with E-state index in [1.165, 1.54) is 0 Å². The van der Waals surface area contributed by atoms with Crippen LogP contribution in [0.4, 0.5) is 0 Å². The molecule has 1 unspecified atom stereocenters. The average molecular weight is 204 g/mol. The van der Waals surface area contributed by atoms with Crippen molar-refractivity contribution in [2.45, 2.75) is 52.2 Å². The van der Waals surface area contributed by atoms with E-state index < -0.39 is 0 Å². The molecule has 0 bridgehead atoms. The molecule has 0 aliphatic carbocycles. The molecule has 0 aromatic heterocycles. The molecular weight excluding hydrogens is 180 g/mol. The highest BCUT2D eigenvalue weighted by Crippen LogP contribution is 2.00. The molecule has 0 saturated carbocycles. The van der Waals surface area contributed by atoms with Gasteiger partial charge in [-0.3, -0.25) is 0 Å². The van der Waals surface area contributed by atoms with E-state index in [-0.39, 0.29) is 12.2 Å². The van der Waals surface area contributed by atoms with Gasteiger partial charge in [-0.2, -0.15) is 0 Å². The van der Waals surface area contributed by atoms with Gasteiger partial charge in [-0.15, -0.1) is 0 Å². The molecule has 0 aromatic rings. The van der Waals surface area contributed by atoms with Gasteiger partial charge in [0.25, 0.3) is 0 Å². The van der Waals surface area contributed by atoms with Gasteiger partial charge >= 0.3 is 0 Å². The van der Waals surface area contributed by atoms with Crippen molar-refractivity contribution in [3.63, 3.8) is 0 Å². The first-order chi connectivity index (χ1) is 6.63. The standard InChI is InChI=1S/C11H24O3/c1-10(2)14-9-8-13-7-5-4-6-11(3)12/h10-12H,4-9H2,1-3H3. The SMILES string of the molecule is CC(O)CCCCOCCOC(C)C. The van der Waals surface area contributed by atoms with Crippen LogP contribution in [0.1, 0.15) is 40.0 Å². The first-order valence-electron chi connectivity index (χ1n) is 5.50. The summed E-state index contributed by atoms with van der Waals surface area (Å²) in [5, 5.41) is 8.99. The lowest BCUT2D eigenvalue weighted by molar-refractivity contribution is 0.0182. The normalized spacial score (nSPS) is 13.5. The molecule has 3 nitrogen and oxygen atoms in total. The van der Waals surface area contributed by atoms with Crippen molar-refractivity contribution in [2.75, 3.05) is 19.8 Å². The Morgan fingerprint density at radius 1 is 1.00 bits per heavy atom. The fourth-order valence-electron chi connectivity index (χ4n) is 1.09. The highest BCUT2D eigenvalue weighted by Gasteiger charge is 1.96. The van der Waals surface area contributed by atoms with Gasteiger partial charge in [0.1, 0.15) is 0 Å². The summed E-state index contributed by atoms with van der Waals surface area (Å²) in [5.74, 6) is 0. The quantitative estimate of drug-likeness (QED) is 0.584. The lowest BCUT2D eigenvalue weighted by Gasteiger charge is -2.08. The number of aliphatic hydroxyl groups excluding tert-OH is 1. The van der Waals surface area contributed by atoms with Gasteiger partial charge in [-0.05, 0) is 40.0 Å². The van der Waals surface area contributed by atoms with E-state index in [0.717, 1.165) is 25.9 Å². The maximum absolute atomic E-state index is 8.99. The van der Waals surface area contributed by atoms with Crippen LogP contribution in [0.2, 0.25) is 0 Å². The van der Waals surface area contributed by atoms with E-state index in [1.807, 2.05) is 20.8 Å². The third-order valence-corrected chi connectivity index (χ3v) is 1.84. The minimum atomic E-state index is -0.181. The molecule has 14 heavy (non-hydrogen) atoms. The molecule has 86 valence electrons. The second-order valence-corrected chi connectivity index (χ2v) is 3.88. The molecule has 0 heterocycles. The van der Waals surface area contributed by atoms with Crippen LogP contribution in [0, 0.1) is 0 Å². The Hall–Kier alpha value is -0.120. The molecule has 0 rings (SSSR count). The first-order valence-corrected chi connectivity index (χ1v) is 5.50. The molecule has 3 heteroatoms. The summed E-state index contributed by atoms with van der Waals surface area (Å²) in [5.41, 5.74) is 0. The van der Waals surface area contributed by atoms with Crippen molar-refractivity contribution >= 4 is 0 Å². The zero-order valence-corrected chi connectivity index (χ0v) is 9.66. The molecular formula is C11H24O3. The second-order valence-electron chi connectivity index (χ2n) is 3.88. The van der Waals surface area contributed by atoms with Crippen molar-refractivity contribution in [1.82, 2.24) is 0 Å². The van der Waals surface area contributed by atoms with Crippen LogP contribution >= 0.6 is 0 Å². The van der Waals surface area contributed by atoms with Crippen LogP contribution < -0.4 is 0 Å². The molecule has 0 aromatic carbocycles. The van der Waals surface area contributed by atoms with Gasteiger partial charge in [-0.25, -0.2) is 0 Å². The van der Waals surface area contributed by atoms with Crippen molar-refractivity contribution in [2.24, 2.45) is 0 Å². The Labute approximate surface area is 87.4 Å². The summed E-state index contributed by atoms with van der Waals surface area (Å²) >= 11 is 0. The Bertz CT molecular complexity index is 99.1. The molecule has 1 N–H and O–H groups in total. The molecule has 0 saturated heterocycles. The maximum Gasteiger partial charge on any atom is 0.0703 e. The van der Waals surface area contributed by atoms with E-state index >= 15 is 0 Å². The smallest absolute Gasteiger partial charge is 0.0703 e. The topological polar surface area (TPSA) is 38.7 Å². The fraction of sp³-hybridized carbons (Fsp3) is 1.00. The van der Waals surface area contributed by atoms with Gasteiger partial charge in [0.15, 0.2) is 0 Å². The predicted molar refractivity (Wildman–Crippen MR) is 57.4 cm³/mol. The lowest BCUT2D eigenvalue weighted by Crippen LogP contribution is -2.10. The summed E-state index contributed by atoms with van der Waals surface area (Å²) in [7, 11) is 0. The van der Waals surface area contributed by atoms with Crippen LogP contribution in [0.15, 0.2) is 0 Å². The predicted octanol–water partition coefficient (Wildman–Crippen LogP) is 1.98. The highest BCUT2D eigenvalue weighted by atomic mass is 16.5. The third kappa shape index (κ3) is 11.9. The van der Waals surface area contributed by atoms with E-state index in [1.54, 1.807) is 0 Å². The first kappa shape index (κ1) is 13.9. The number of hydrogen-bond acceptors (Lipinski definition) is 3. The Kier molecular flexibility index (Phi) is 9.35. The number of hydrogen-bond donors (Lipinski definition) is 1. The average Bonchev–Trinajstić information content (AvgIpc) is 2.08. The van der Waals surface area contributed by atoms with E-state index in [9.17, 15) is 0 Å². The van der Waals surface area contributed by atoms with Gasteiger partial charge in [-0.1, -0.05) is 0 Å². The van der Waals surface area contributed by atoms with Crippen LogP contribution in [0.3, 0.4) is 0 Å². The Morgan fingerprint density at radius 2 is 1.71 bits per heavy atom.